The monoisotopic (exact) mass is 1700 g/mol. The first kappa shape index (κ1) is 90.1. The topological polar surface area (TPSA) is 441 Å². The lowest BCUT2D eigenvalue weighted by molar-refractivity contribution is -0.205. The molecule has 0 spiro atoms. The molecule has 0 radical (unpaired) electrons. The van der Waals surface area contributed by atoms with Gasteiger partial charge in [-0.05, 0) is 84.0 Å². The highest BCUT2D eigenvalue weighted by Gasteiger charge is 2.76. The van der Waals surface area contributed by atoms with Gasteiger partial charge in [-0.1, -0.05) is 74.5 Å². The van der Waals surface area contributed by atoms with Crippen molar-refractivity contribution < 1.29 is 108 Å². The van der Waals surface area contributed by atoms with E-state index < -0.39 is 82.4 Å². The zero-order valence-electron chi connectivity index (χ0n) is 65.8. The minimum atomic E-state index is -4.99. The van der Waals surface area contributed by atoms with Crippen molar-refractivity contribution in [3.63, 3.8) is 0 Å². The third kappa shape index (κ3) is 23.6. The number of rotatable bonds is 46. The highest BCUT2D eigenvalue weighted by molar-refractivity contribution is 7.90. The Balaban J connectivity index is 0.608. The molecule has 3 fully saturated rings. The molecule has 6 aromatic rings. The lowest BCUT2D eigenvalue weighted by atomic mass is 9.34. The van der Waals surface area contributed by atoms with Crippen LogP contribution in [0.15, 0.2) is 102 Å². The van der Waals surface area contributed by atoms with Gasteiger partial charge >= 0.3 is 26.0 Å². The molecule has 117 heavy (non-hydrogen) atoms. The number of fused-ring (bicyclic) bond motifs is 6. The minimum Gasteiger partial charge on any atom is -0.445 e. The number of primary amides is 1. The number of Topliss-reactive ketones (excluding diaryl/α,β-unsaturated/α-hetero) is 1. The Labute approximate surface area is 687 Å². The fraction of sp³-hybridized carbons (Fsp3) is 0.506. The Hall–Kier alpha value is -9.23. The first-order valence-electron chi connectivity index (χ1n) is 38.4. The molecule has 1 aromatic heterocycles. The third-order valence-corrected chi connectivity index (χ3v) is 22.7. The number of aromatic nitrogens is 2. The largest absolute Gasteiger partial charge is 0.524 e. The molecule has 0 saturated heterocycles. The molecule has 3 heterocycles. The highest BCUT2D eigenvalue weighted by atomic mass is 35.5. The van der Waals surface area contributed by atoms with Crippen molar-refractivity contribution in [1.82, 2.24) is 35.7 Å². The van der Waals surface area contributed by atoms with E-state index in [1.54, 1.807) is 84.3 Å². The van der Waals surface area contributed by atoms with Crippen LogP contribution in [-0.2, 0) is 78.1 Å². The number of anilines is 3. The molecule has 38 heteroatoms. The normalized spacial score (nSPS) is 17.7. The summed E-state index contributed by atoms with van der Waals surface area (Å²) in [6.45, 7) is 7.49. The number of sulfone groups is 1. The Morgan fingerprint density at radius 3 is 1.60 bits per heavy atom. The summed E-state index contributed by atoms with van der Waals surface area (Å²) in [6, 6.07) is 21.1. The average molecular weight is 1710 g/mol. The van der Waals surface area contributed by atoms with Crippen LogP contribution in [0.1, 0.15) is 104 Å². The number of ketones is 1. The van der Waals surface area contributed by atoms with Crippen LogP contribution in [-0.4, -0.2) is 248 Å². The smallest absolute Gasteiger partial charge is 0.445 e. The van der Waals surface area contributed by atoms with Gasteiger partial charge in [0.1, 0.15) is 30.2 Å². The molecular formula is C79H100Cl2N11O23PS. The van der Waals surface area contributed by atoms with E-state index >= 15 is 0 Å². The van der Waals surface area contributed by atoms with E-state index in [0.29, 0.717) is 105 Å². The van der Waals surface area contributed by atoms with Gasteiger partial charge in [0.05, 0.1) is 100 Å². The van der Waals surface area contributed by atoms with Gasteiger partial charge in [0.2, 0.25) is 44.5 Å². The Kier molecular flexibility index (Phi) is 31.9. The number of nitrogens with two attached hydrogens (primary N) is 1. The number of phosphoric acid groups is 1. The molecule has 4 atom stereocenters. The lowest BCUT2D eigenvalue weighted by Crippen LogP contribution is -2.73. The maximum absolute atomic E-state index is 15.0. The number of urea groups is 1. The summed E-state index contributed by atoms with van der Waals surface area (Å²) >= 11 is 13.2. The SMILES string of the molecule is CC(C)[C@H](NC(=O)CCOCCOCCOCCOCCOCCOCCCC(=O)c1cnc(S(C)(=O)=O)nc1)C(=O)N[C@@H](CCCNC(N)=O)C(=O)Nc1ccc(COC(=O)N(C)CCN(C)C(=O)Oc2cc3c(c4ccccc24)[C@H](CCl)CN3C(=O)C23CC(C(=O)N4C[C@@H](CCl)c5c4cc(OP(=O)(O)O)c4ccccc54)(C2)C3)cc1. The molecule has 3 saturated carbocycles. The lowest BCUT2D eigenvalue weighted by Gasteiger charge is -2.69. The van der Waals surface area contributed by atoms with E-state index in [1.807, 2.05) is 18.2 Å². The molecule has 11 rings (SSSR count). The van der Waals surface area contributed by atoms with Gasteiger partial charge < -0.3 is 89.0 Å². The third-order valence-electron chi connectivity index (χ3n) is 20.6. The van der Waals surface area contributed by atoms with Gasteiger partial charge in [0.25, 0.3) is 0 Å². The van der Waals surface area contributed by atoms with Crippen molar-refractivity contribution in [2.24, 2.45) is 22.5 Å². The van der Waals surface area contributed by atoms with E-state index in [-0.39, 0.29) is 168 Å². The predicted octanol–water partition coefficient (Wildman–Crippen LogP) is 7.73. The number of amides is 9. The van der Waals surface area contributed by atoms with E-state index in [0.717, 1.165) is 22.8 Å². The number of carbonyl (C=O) groups is 9. The number of benzene rings is 5. The van der Waals surface area contributed by atoms with Gasteiger partial charge in [-0.25, -0.2) is 37.3 Å². The first-order valence-corrected chi connectivity index (χ1v) is 42.9. The molecule has 5 aliphatic rings. The van der Waals surface area contributed by atoms with Crippen LogP contribution in [0.25, 0.3) is 21.5 Å². The molecule has 3 aliphatic carbocycles. The van der Waals surface area contributed by atoms with Crippen LogP contribution in [0.3, 0.4) is 0 Å². The van der Waals surface area contributed by atoms with Gasteiger partial charge in [0, 0.05) is 137 Å². The second kappa shape index (κ2) is 41.4. The van der Waals surface area contributed by atoms with Crippen LogP contribution in [0, 0.1) is 16.7 Å². The molecule has 8 N–H and O–H groups in total. The van der Waals surface area contributed by atoms with Gasteiger partial charge in [0.15, 0.2) is 5.78 Å². The van der Waals surface area contributed by atoms with Crippen LogP contribution in [0.5, 0.6) is 11.5 Å². The first-order chi connectivity index (χ1) is 55.9. The predicted molar refractivity (Wildman–Crippen MR) is 431 cm³/mol. The second-order valence-corrected chi connectivity index (χ2v) is 33.3. The Morgan fingerprint density at radius 1 is 0.632 bits per heavy atom. The standard InChI is InChI=1S/C79H100Cl2N11O23PS/c1-50(2)69(88-66(94)22-27-108-29-31-110-33-35-112-37-36-111-34-32-109-30-28-107-26-11-17-63(93)54-42-84-75(85-43-54)117(5,105)106)71(96)87-60(16-10-23-83-74(82)99)70(95)86-55-20-18-51(19-21-55)46-113-76(100)89(3)24-25-90(4)77(101)114-64-38-61-67(58-14-8-6-12-56(58)64)52(40-80)44-91(61)72(97)78-47-79(48-78,49-78)73(98)92-45-53(41-81)68-59-15-9-7-13-57(59)65(39-62(68)92)115-116(102,103)104/h6-9,12-15,18-21,38-39,42-43,50,52-53,60,69H,10-11,16-17,22-37,40-41,44-49H2,1-5H3,(H,86,95)(H,87,96)(H,88,94)(H3,82,83,99)(H2,102,103,104)/t52-,53-,60+,69+,78?,79?/m1/s1. The van der Waals surface area contributed by atoms with Gasteiger partial charge in [-0.2, -0.15) is 0 Å². The average Bonchev–Trinajstić information content (AvgIpc) is 1.58. The Morgan fingerprint density at radius 2 is 1.11 bits per heavy atom. The van der Waals surface area contributed by atoms with Crippen molar-refractivity contribution in [3.8, 4) is 11.5 Å². The highest BCUT2D eigenvalue weighted by Crippen LogP contribution is 2.75. The number of halogens is 2. The van der Waals surface area contributed by atoms with E-state index in [9.17, 15) is 65.9 Å². The quantitative estimate of drug-likeness (QED) is 0.00631. The van der Waals surface area contributed by atoms with Crippen LogP contribution in [0.4, 0.5) is 31.4 Å². The number of likely N-dealkylation sites (N-methyl/N-ethyl adjacent to an activating group) is 2. The number of nitrogens with one attached hydrogen (secondary N) is 4. The van der Waals surface area contributed by atoms with Crippen LogP contribution < -0.4 is 46.1 Å². The van der Waals surface area contributed by atoms with E-state index in [1.165, 1.54) is 42.4 Å². The molecule has 634 valence electrons. The van der Waals surface area contributed by atoms with E-state index in [4.69, 9.17) is 71.4 Å². The fourth-order valence-electron chi connectivity index (χ4n) is 14.7. The summed E-state index contributed by atoms with van der Waals surface area (Å²) < 4.78 is 85.1. The van der Waals surface area contributed by atoms with Crippen molar-refractivity contribution in [1.29, 1.82) is 0 Å². The summed E-state index contributed by atoms with van der Waals surface area (Å²) in [6.07, 6.45) is 3.69. The summed E-state index contributed by atoms with van der Waals surface area (Å²) in [7, 11) is -5.52. The van der Waals surface area contributed by atoms with Gasteiger partial charge in [-0.3, -0.25) is 38.6 Å². The molecule has 2 aliphatic heterocycles. The van der Waals surface area contributed by atoms with Gasteiger partial charge in [-0.15, -0.1) is 23.2 Å². The Bertz CT molecular complexity index is 4700. The molecule has 5 aromatic carbocycles. The molecule has 34 nitrogen and oxygen atoms in total. The molecular weight excluding hydrogens is 1600 g/mol. The van der Waals surface area contributed by atoms with Crippen molar-refractivity contribution >= 4 is 133 Å². The van der Waals surface area contributed by atoms with Crippen molar-refractivity contribution in [2.45, 2.75) is 101 Å². The van der Waals surface area contributed by atoms with E-state index in [2.05, 4.69) is 31.2 Å². The zero-order valence-corrected chi connectivity index (χ0v) is 69.0. The maximum atomic E-state index is 15.0. The number of carbonyl (C=O) groups excluding carboxylic acids is 9. The minimum absolute atomic E-state index is 0.0223. The summed E-state index contributed by atoms with van der Waals surface area (Å²) in [5, 5.41) is 12.9. The fourth-order valence-corrected chi connectivity index (χ4v) is 16.1. The summed E-state index contributed by atoms with van der Waals surface area (Å²) in [5.41, 5.74) is 7.27. The second-order valence-electron chi connectivity index (χ2n) is 29.6. The molecule has 0 unspecified atom stereocenters. The van der Waals surface area contributed by atoms with Crippen molar-refractivity contribution in [3.05, 3.63) is 120 Å². The number of nitrogens with zero attached hydrogens (tertiary/aromatic N) is 6. The van der Waals surface area contributed by atoms with Crippen LogP contribution in [0.2, 0.25) is 0 Å². The molecule has 2 bridgehead atoms. The number of alkyl halides is 2. The number of hydrogen-bond donors (Lipinski definition) is 7. The van der Waals surface area contributed by atoms with Crippen LogP contribution >= 0.6 is 31.0 Å². The maximum Gasteiger partial charge on any atom is 0.524 e. The van der Waals surface area contributed by atoms with Crippen molar-refractivity contribution in [2.75, 3.05) is 159 Å². The number of hydrogen-bond acceptors (Lipinski definition) is 23. The zero-order chi connectivity index (χ0) is 84.2. The summed E-state index contributed by atoms with van der Waals surface area (Å²) in [5.74, 6) is -2.73. The summed E-state index contributed by atoms with van der Waals surface area (Å²) in [4.78, 5) is 154. The number of phosphoric ester groups is 1. The molecule has 9 amide bonds. The number of ether oxygens (including phenoxy) is 8.